The highest BCUT2D eigenvalue weighted by Gasteiger charge is 2.54. The Kier molecular flexibility index (Phi) is 9.91. The first-order chi connectivity index (χ1) is 24.3. The van der Waals surface area contributed by atoms with Crippen LogP contribution in [0.5, 0.6) is 0 Å². The van der Waals surface area contributed by atoms with E-state index in [0.717, 1.165) is 112 Å². The van der Waals surface area contributed by atoms with E-state index in [1.807, 2.05) is 21.9 Å². The van der Waals surface area contributed by atoms with Gasteiger partial charge < -0.3 is 20.0 Å². The number of aromatic amines is 1. The van der Waals surface area contributed by atoms with Gasteiger partial charge in [-0.05, 0) is 106 Å². The monoisotopic (exact) mass is 677 g/mol. The second-order valence-electron chi connectivity index (χ2n) is 15.2. The van der Waals surface area contributed by atoms with Crippen LogP contribution in [0, 0.1) is 22.7 Å². The zero-order chi connectivity index (χ0) is 34.7. The second-order valence-corrected chi connectivity index (χ2v) is 15.2. The van der Waals surface area contributed by atoms with Gasteiger partial charge in [0, 0.05) is 62.0 Å². The number of fused-ring (bicyclic) bond motifs is 2. The molecule has 11 heteroatoms. The van der Waals surface area contributed by atoms with E-state index >= 15 is 0 Å². The molecular weight excluding hydrogens is 626 g/mol. The van der Waals surface area contributed by atoms with Gasteiger partial charge in [-0.1, -0.05) is 43.0 Å². The molecule has 4 heterocycles. The third kappa shape index (κ3) is 6.39. The standard InChI is InChI=1S/C39H51N9O2/c1-28(48-23-9-10-32(48)26-40)27-41-18-17-39(37-42-44-45-43-37)33-13-11-30(35(49)46-19-5-3-6-20-46)24-29(33)15-16-38(2)25-31(12-14-34(38)39)36(50)47-21-7-4-8-22-47/h11-14,24-25,32,34,41H,1,3-10,15-23,27H2,2H3,(H,42,43,44,45)/t32-,34?,38?,39?/m0/s1. The summed E-state index contributed by atoms with van der Waals surface area (Å²) in [6.07, 6.45) is 17.1. The van der Waals surface area contributed by atoms with Gasteiger partial charge in [-0.3, -0.25) is 9.59 Å². The van der Waals surface area contributed by atoms with Crippen LogP contribution < -0.4 is 5.32 Å². The van der Waals surface area contributed by atoms with Gasteiger partial charge in [0.05, 0.1) is 11.5 Å². The molecule has 264 valence electrons. The summed E-state index contributed by atoms with van der Waals surface area (Å²) in [5.41, 5.74) is 3.54. The van der Waals surface area contributed by atoms with Gasteiger partial charge >= 0.3 is 0 Å². The fourth-order valence-corrected chi connectivity index (χ4v) is 9.41. The van der Waals surface area contributed by atoms with Crippen molar-refractivity contribution in [1.82, 2.24) is 40.6 Å². The summed E-state index contributed by atoms with van der Waals surface area (Å²) >= 11 is 0. The van der Waals surface area contributed by atoms with Crippen LogP contribution in [0.3, 0.4) is 0 Å². The van der Waals surface area contributed by atoms with Crippen LogP contribution in [-0.2, 0) is 16.6 Å². The van der Waals surface area contributed by atoms with Gasteiger partial charge in [-0.15, -0.1) is 10.2 Å². The van der Waals surface area contributed by atoms with Crippen LogP contribution in [0.1, 0.15) is 98.4 Å². The smallest absolute Gasteiger partial charge is 0.253 e. The van der Waals surface area contributed by atoms with Gasteiger partial charge in [0.1, 0.15) is 6.04 Å². The van der Waals surface area contributed by atoms with E-state index in [1.165, 1.54) is 12.8 Å². The molecule has 0 radical (unpaired) electrons. The molecule has 1 aromatic carbocycles. The maximum atomic E-state index is 13.8. The number of aromatic nitrogens is 4. The Hall–Kier alpha value is -4.30. The van der Waals surface area contributed by atoms with Crippen molar-refractivity contribution in [3.8, 4) is 6.07 Å². The molecule has 2 aromatic rings. The Morgan fingerprint density at radius 2 is 1.78 bits per heavy atom. The molecule has 5 aliphatic rings. The summed E-state index contributed by atoms with van der Waals surface area (Å²) in [5.74, 6) is 0.736. The summed E-state index contributed by atoms with van der Waals surface area (Å²) in [5, 5.41) is 29.5. The number of nitrogens with one attached hydrogen (secondary N) is 2. The number of H-pyrrole nitrogens is 1. The van der Waals surface area contributed by atoms with E-state index in [0.29, 0.717) is 25.3 Å². The van der Waals surface area contributed by atoms with E-state index in [1.54, 1.807) is 0 Å². The third-order valence-electron chi connectivity index (χ3n) is 12.1. The number of rotatable bonds is 9. The van der Waals surface area contributed by atoms with Crippen LogP contribution in [0.25, 0.3) is 0 Å². The number of aryl methyl sites for hydroxylation is 1. The first kappa shape index (κ1) is 34.2. The number of tetrazole rings is 1. The minimum atomic E-state index is -0.704. The van der Waals surface area contributed by atoms with Crippen LogP contribution >= 0.6 is 0 Å². The molecule has 0 saturated carbocycles. The lowest BCUT2D eigenvalue weighted by molar-refractivity contribution is -0.127. The van der Waals surface area contributed by atoms with Crippen molar-refractivity contribution in [3.63, 3.8) is 0 Å². The zero-order valence-electron chi connectivity index (χ0n) is 29.5. The molecule has 4 atom stereocenters. The normalized spacial score (nSPS) is 27.9. The molecule has 3 saturated heterocycles. The number of benzene rings is 1. The van der Waals surface area contributed by atoms with Crippen LogP contribution in [0.4, 0.5) is 0 Å². The van der Waals surface area contributed by atoms with Gasteiger partial charge in [-0.25, -0.2) is 0 Å². The Balaban J connectivity index is 1.25. The maximum absolute atomic E-state index is 13.8. The highest BCUT2D eigenvalue weighted by molar-refractivity contribution is 5.97. The summed E-state index contributed by atoms with van der Waals surface area (Å²) in [7, 11) is 0. The number of carbonyl (C=O) groups excluding carboxylic acids is 2. The number of likely N-dealkylation sites (tertiary alicyclic amines) is 3. The Morgan fingerprint density at radius 1 is 1.04 bits per heavy atom. The molecule has 7 rings (SSSR count). The Labute approximate surface area is 295 Å². The molecule has 3 unspecified atom stereocenters. The van der Waals surface area contributed by atoms with Gasteiger partial charge in [0.2, 0.25) is 0 Å². The molecular formula is C39H51N9O2. The molecule has 3 fully saturated rings. The largest absolute Gasteiger partial charge is 0.358 e. The quantitative estimate of drug-likeness (QED) is 0.366. The van der Waals surface area contributed by atoms with Crippen molar-refractivity contribution in [2.75, 3.05) is 45.8 Å². The summed E-state index contributed by atoms with van der Waals surface area (Å²) in [6.45, 7) is 11.9. The molecule has 2 amide bonds. The van der Waals surface area contributed by atoms with Crippen molar-refractivity contribution in [2.24, 2.45) is 11.3 Å². The topological polar surface area (TPSA) is 134 Å². The van der Waals surface area contributed by atoms with Crippen molar-refractivity contribution in [2.45, 2.75) is 89.0 Å². The molecule has 50 heavy (non-hydrogen) atoms. The predicted octanol–water partition coefficient (Wildman–Crippen LogP) is 4.67. The van der Waals surface area contributed by atoms with Crippen molar-refractivity contribution < 1.29 is 9.59 Å². The molecule has 2 N–H and O–H groups in total. The summed E-state index contributed by atoms with van der Waals surface area (Å²) in [6, 6.07) is 8.55. The van der Waals surface area contributed by atoms with Crippen molar-refractivity contribution in [3.05, 3.63) is 76.8 Å². The molecule has 2 aliphatic carbocycles. The van der Waals surface area contributed by atoms with Crippen molar-refractivity contribution in [1.29, 1.82) is 5.26 Å². The fraction of sp³-hybridized carbons (Fsp3) is 0.590. The lowest BCUT2D eigenvalue weighted by atomic mass is 9.56. The number of amides is 2. The maximum Gasteiger partial charge on any atom is 0.253 e. The number of piperidine rings is 2. The number of carbonyl (C=O) groups is 2. The minimum absolute atomic E-state index is 0.0815. The highest BCUT2D eigenvalue weighted by atomic mass is 16.2. The number of hydrogen-bond acceptors (Lipinski definition) is 8. The number of nitriles is 1. The van der Waals surface area contributed by atoms with E-state index < -0.39 is 10.8 Å². The van der Waals surface area contributed by atoms with Crippen molar-refractivity contribution >= 4 is 11.8 Å². The lowest BCUT2D eigenvalue weighted by Gasteiger charge is -2.47. The van der Waals surface area contributed by atoms with E-state index in [4.69, 9.17) is 0 Å². The number of allylic oxidation sites excluding steroid dienone is 2. The van der Waals surface area contributed by atoms with Gasteiger partial charge in [-0.2, -0.15) is 10.5 Å². The first-order valence-electron chi connectivity index (χ1n) is 18.8. The number of nitrogens with zero attached hydrogens (tertiary/aromatic N) is 7. The second kappa shape index (κ2) is 14.5. The van der Waals surface area contributed by atoms with Crippen LogP contribution in [0.15, 0.2) is 54.3 Å². The molecule has 0 spiro atoms. The molecule has 1 aromatic heterocycles. The lowest BCUT2D eigenvalue weighted by Crippen LogP contribution is -2.47. The average molecular weight is 678 g/mol. The Bertz CT molecular complexity index is 1680. The first-order valence-corrected chi connectivity index (χ1v) is 18.8. The fourth-order valence-electron chi connectivity index (χ4n) is 9.41. The predicted molar refractivity (Wildman–Crippen MR) is 191 cm³/mol. The SMILES string of the molecule is C=C(CNCCC1(c2nn[nH]n2)c2ccc(C(=O)N3CCCCC3)cc2CCC2(C)C=C(C(=O)N3CCCCC3)C=CC21)N1CCC[C@H]1C#N. The van der Waals surface area contributed by atoms with Gasteiger partial charge in [0.25, 0.3) is 11.8 Å². The number of hydrogen-bond donors (Lipinski definition) is 2. The Morgan fingerprint density at radius 3 is 2.48 bits per heavy atom. The highest BCUT2D eigenvalue weighted by Crippen LogP contribution is 2.56. The molecule has 0 bridgehead atoms. The van der Waals surface area contributed by atoms with E-state index in [2.05, 4.69) is 74.7 Å². The third-order valence-corrected chi connectivity index (χ3v) is 12.1. The van der Waals surface area contributed by atoms with Crippen LogP contribution in [0.2, 0.25) is 0 Å². The summed E-state index contributed by atoms with van der Waals surface area (Å²) in [4.78, 5) is 33.7. The minimum Gasteiger partial charge on any atom is -0.358 e. The van der Waals surface area contributed by atoms with E-state index in [-0.39, 0.29) is 23.8 Å². The average Bonchev–Trinajstić information content (AvgIpc) is 3.86. The summed E-state index contributed by atoms with van der Waals surface area (Å²) < 4.78 is 0. The van der Waals surface area contributed by atoms with E-state index in [9.17, 15) is 14.9 Å². The zero-order valence-corrected chi connectivity index (χ0v) is 29.5. The van der Waals surface area contributed by atoms with Crippen LogP contribution in [-0.4, -0.2) is 99.0 Å². The van der Waals surface area contributed by atoms with Gasteiger partial charge in [0.15, 0.2) is 5.82 Å². The molecule has 11 nitrogen and oxygen atoms in total. The molecule has 3 aliphatic heterocycles.